The molecule has 0 aliphatic heterocycles. The van der Waals surface area contributed by atoms with Gasteiger partial charge in [0.25, 0.3) is 0 Å². The number of hydrogen-bond acceptors (Lipinski definition) is 3. The maximum Gasteiger partial charge on any atom is 0.319 e. The van der Waals surface area contributed by atoms with Crippen molar-refractivity contribution in [2.75, 3.05) is 18.9 Å². The second-order valence-corrected chi connectivity index (χ2v) is 5.64. The van der Waals surface area contributed by atoms with E-state index in [-0.39, 0.29) is 18.0 Å². The molecular formula is C16H24N4O2. The van der Waals surface area contributed by atoms with Crippen molar-refractivity contribution >= 4 is 17.6 Å². The predicted octanol–water partition coefficient (Wildman–Crippen LogP) is 1.76. The van der Waals surface area contributed by atoms with Crippen molar-refractivity contribution in [3.63, 3.8) is 0 Å². The van der Waals surface area contributed by atoms with E-state index in [0.29, 0.717) is 19.0 Å². The average molecular weight is 304 g/mol. The molecular weight excluding hydrogens is 280 g/mol. The summed E-state index contributed by atoms with van der Waals surface area (Å²) >= 11 is 0. The molecule has 22 heavy (non-hydrogen) atoms. The van der Waals surface area contributed by atoms with Crippen LogP contribution in [0.2, 0.25) is 0 Å². The van der Waals surface area contributed by atoms with Gasteiger partial charge in [0.1, 0.15) is 0 Å². The molecule has 1 fully saturated rings. The van der Waals surface area contributed by atoms with E-state index in [4.69, 9.17) is 0 Å². The summed E-state index contributed by atoms with van der Waals surface area (Å²) in [7, 11) is 1.82. The molecule has 6 nitrogen and oxygen atoms in total. The minimum absolute atomic E-state index is 0.0212. The molecule has 1 aliphatic rings. The zero-order valence-electron chi connectivity index (χ0n) is 13.1. The fraction of sp³-hybridized carbons (Fsp3) is 0.500. The summed E-state index contributed by atoms with van der Waals surface area (Å²) in [4.78, 5) is 23.3. The lowest BCUT2D eigenvalue weighted by Crippen LogP contribution is -2.30. The summed E-state index contributed by atoms with van der Waals surface area (Å²) in [5, 5.41) is 11.6. The lowest BCUT2D eigenvalue weighted by atomic mass is 10.1. The van der Waals surface area contributed by atoms with E-state index in [0.717, 1.165) is 24.1 Å². The number of nitrogens with one attached hydrogen (secondary N) is 4. The standard InChI is InChI=1S/C16H24N4O2/c1-11(18-15(21)9-10-17-2)12-3-5-13(6-4-12)19-16(22)20-14-7-8-14/h3-6,11,14,17H,7-10H2,1-2H3,(H,18,21)(H2,19,20,22). The van der Waals surface area contributed by atoms with Gasteiger partial charge in [-0.1, -0.05) is 12.1 Å². The molecule has 1 saturated carbocycles. The van der Waals surface area contributed by atoms with Gasteiger partial charge in [-0.3, -0.25) is 4.79 Å². The van der Waals surface area contributed by atoms with E-state index in [1.807, 2.05) is 38.2 Å². The molecule has 0 saturated heterocycles. The Bertz CT molecular complexity index is 511. The van der Waals surface area contributed by atoms with Gasteiger partial charge in [0, 0.05) is 24.7 Å². The lowest BCUT2D eigenvalue weighted by Gasteiger charge is -2.15. The summed E-state index contributed by atoms with van der Waals surface area (Å²) in [6, 6.07) is 7.64. The molecule has 1 aromatic carbocycles. The van der Waals surface area contributed by atoms with Crippen molar-refractivity contribution < 1.29 is 9.59 Å². The van der Waals surface area contributed by atoms with Gasteiger partial charge in [-0.15, -0.1) is 0 Å². The molecule has 0 aromatic heterocycles. The fourth-order valence-corrected chi connectivity index (χ4v) is 2.07. The van der Waals surface area contributed by atoms with Crippen LogP contribution in [0.4, 0.5) is 10.5 Å². The first-order valence-corrected chi connectivity index (χ1v) is 7.70. The minimum atomic E-state index is -0.163. The Balaban J connectivity index is 1.81. The van der Waals surface area contributed by atoms with E-state index >= 15 is 0 Å². The maximum absolute atomic E-state index is 11.7. The van der Waals surface area contributed by atoms with Crippen LogP contribution in [0, 0.1) is 0 Å². The number of rotatable bonds is 7. The molecule has 0 radical (unpaired) electrons. The summed E-state index contributed by atoms with van der Waals surface area (Å²) in [6.45, 7) is 2.61. The van der Waals surface area contributed by atoms with E-state index < -0.39 is 0 Å². The molecule has 120 valence electrons. The summed E-state index contributed by atoms with van der Waals surface area (Å²) in [5.74, 6) is 0.0212. The highest BCUT2D eigenvalue weighted by Gasteiger charge is 2.23. The Kier molecular flexibility index (Phi) is 5.77. The van der Waals surface area contributed by atoms with Crippen molar-refractivity contribution in [3.05, 3.63) is 29.8 Å². The first kappa shape index (κ1) is 16.3. The van der Waals surface area contributed by atoms with Gasteiger partial charge >= 0.3 is 6.03 Å². The van der Waals surface area contributed by atoms with Crippen molar-refractivity contribution in [2.24, 2.45) is 0 Å². The van der Waals surface area contributed by atoms with Crippen molar-refractivity contribution in [1.82, 2.24) is 16.0 Å². The lowest BCUT2D eigenvalue weighted by molar-refractivity contribution is -0.121. The summed E-state index contributed by atoms with van der Waals surface area (Å²) < 4.78 is 0. The van der Waals surface area contributed by atoms with Gasteiger partial charge in [0.2, 0.25) is 5.91 Å². The molecule has 0 heterocycles. The smallest absolute Gasteiger partial charge is 0.319 e. The van der Waals surface area contributed by atoms with Crippen LogP contribution in [-0.2, 0) is 4.79 Å². The zero-order valence-corrected chi connectivity index (χ0v) is 13.1. The number of urea groups is 1. The Morgan fingerprint density at radius 2 is 1.91 bits per heavy atom. The van der Waals surface area contributed by atoms with Gasteiger partial charge in [0.15, 0.2) is 0 Å². The number of carbonyl (C=O) groups is 2. The zero-order chi connectivity index (χ0) is 15.9. The van der Waals surface area contributed by atoms with Crippen LogP contribution in [-0.4, -0.2) is 31.6 Å². The van der Waals surface area contributed by atoms with Gasteiger partial charge in [-0.2, -0.15) is 0 Å². The van der Waals surface area contributed by atoms with Crippen LogP contribution in [0.25, 0.3) is 0 Å². The molecule has 4 N–H and O–H groups in total. The number of carbonyl (C=O) groups excluding carboxylic acids is 2. The van der Waals surface area contributed by atoms with E-state index in [9.17, 15) is 9.59 Å². The van der Waals surface area contributed by atoms with E-state index in [2.05, 4.69) is 21.3 Å². The third-order valence-electron chi connectivity index (χ3n) is 3.56. The monoisotopic (exact) mass is 304 g/mol. The van der Waals surface area contributed by atoms with Gasteiger partial charge in [-0.25, -0.2) is 4.79 Å². The van der Waals surface area contributed by atoms with Crippen molar-refractivity contribution in [1.29, 1.82) is 0 Å². The largest absolute Gasteiger partial charge is 0.350 e. The number of amides is 3. The molecule has 1 aliphatic carbocycles. The summed E-state index contributed by atoms with van der Waals surface area (Å²) in [6.07, 6.45) is 2.59. The molecule has 0 bridgehead atoms. The first-order chi connectivity index (χ1) is 10.6. The predicted molar refractivity (Wildman–Crippen MR) is 86.7 cm³/mol. The van der Waals surface area contributed by atoms with Crippen LogP contribution >= 0.6 is 0 Å². The number of benzene rings is 1. The normalized spacial score (nSPS) is 15.0. The maximum atomic E-state index is 11.7. The van der Waals surface area contributed by atoms with Gasteiger partial charge < -0.3 is 21.3 Å². The molecule has 3 amide bonds. The first-order valence-electron chi connectivity index (χ1n) is 7.70. The topological polar surface area (TPSA) is 82.3 Å². The van der Waals surface area contributed by atoms with Crippen LogP contribution in [0.5, 0.6) is 0 Å². The third kappa shape index (κ3) is 5.37. The van der Waals surface area contributed by atoms with Gasteiger partial charge in [0.05, 0.1) is 6.04 Å². The average Bonchev–Trinajstić information content (AvgIpc) is 3.29. The second kappa shape index (κ2) is 7.79. The highest BCUT2D eigenvalue weighted by atomic mass is 16.2. The van der Waals surface area contributed by atoms with Crippen molar-refractivity contribution in [2.45, 2.75) is 38.3 Å². The Morgan fingerprint density at radius 1 is 1.23 bits per heavy atom. The molecule has 2 rings (SSSR count). The Hall–Kier alpha value is -2.08. The van der Waals surface area contributed by atoms with Crippen LogP contribution in [0.3, 0.4) is 0 Å². The molecule has 1 unspecified atom stereocenters. The van der Waals surface area contributed by atoms with Gasteiger partial charge in [-0.05, 0) is 44.5 Å². The molecule has 0 spiro atoms. The SMILES string of the molecule is CNCCC(=O)NC(C)c1ccc(NC(=O)NC2CC2)cc1. The second-order valence-electron chi connectivity index (χ2n) is 5.64. The van der Waals surface area contributed by atoms with Crippen LogP contribution in [0.1, 0.15) is 37.8 Å². The van der Waals surface area contributed by atoms with E-state index in [1.54, 1.807) is 0 Å². The van der Waals surface area contributed by atoms with Crippen LogP contribution in [0.15, 0.2) is 24.3 Å². The third-order valence-corrected chi connectivity index (χ3v) is 3.56. The van der Waals surface area contributed by atoms with Crippen molar-refractivity contribution in [3.8, 4) is 0 Å². The van der Waals surface area contributed by atoms with Crippen LogP contribution < -0.4 is 21.3 Å². The minimum Gasteiger partial charge on any atom is -0.350 e. The number of hydrogen-bond donors (Lipinski definition) is 4. The van der Waals surface area contributed by atoms with E-state index in [1.165, 1.54) is 0 Å². The molecule has 1 aromatic rings. The fourth-order valence-electron chi connectivity index (χ4n) is 2.07. The molecule has 6 heteroatoms. The Morgan fingerprint density at radius 3 is 2.50 bits per heavy atom. The molecule has 1 atom stereocenters. The number of anilines is 1. The highest BCUT2D eigenvalue weighted by Crippen LogP contribution is 2.19. The quantitative estimate of drug-likeness (QED) is 0.619. The summed E-state index contributed by atoms with van der Waals surface area (Å²) in [5.41, 5.74) is 1.75. The Labute approximate surface area is 131 Å². The highest BCUT2D eigenvalue weighted by molar-refractivity contribution is 5.89.